The molecule has 0 saturated carbocycles. The van der Waals surface area contributed by atoms with E-state index in [9.17, 15) is 0 Å². The molecule has 0 amide bonds. The van der Waals surface area contributed by atoms with Gasteiger partial charge in [-0.1, -0.05) is 0 Å². The fourth-order valence-corrected chi connectivity index (χ4v) is 6.87. The largest absolute Gasteiger partial charge is 0.669 e. The average Bonchev–Trinajstić information content (AvgIpc) is 1.92. The molecule has 0 saturated heterocycles. The third kappa shape index (κ3) is 8.39. The van der Waals surface area contributed by atoms with Crippen molar-refractivity contribution in [1.82, 2.24) is 0 Å². The topological polar surface area (TPSA) is 36.9 Å². The molecule has 18 heavy (non-hydrogen) atoms. The lowest BCUT2D eigenvalue weighted by Crippen LogP contribution is -2.58. The third-order valence-corrected chi connectivity index (χ3v) is 7.30. The standard InChI is InChI=1S/C12H30O4Si2/c1-10(2)13-18(14-11(3)4,15-12(5)6)16-17(7,8)9/h10-12H,1-9H3. The monoisotopic (exact) mass is 294 g/mol. The molecule has 0 atom stereocenters. The number of hydrogen-bond donors (Lipinski definition) is 0. The van der Waals surface area contributed by atoms with E-state index in [0.717, 1.165) is 0 Å². The predicted molar refractivity (Wildman–Crippen MR) is 78.8 cm³/mol. The second kappa shape index (κ2) is 7.16. The van der Waals surface area contributed by atoms with Crippen LogP contribution < -0.4 is 0 Å². The van der Waals surface area contributed by atoms with Crippen molar-refractivity contribution in [3.63, 3.8) is 0 Å². The summed E-state index contributed by atoms with van der Waals surface area (Å²) in [7, 11) is -4.86. The Balaban J connectivity index is 5.10. The molecular weight excluding hydrogens is 264 g/mol. The van der Waals surface area contributed by atoms with E-state index in [1.165, 1.54) is 0 Å². The Morgan fingerprint density at radius 3 is 1.06 bits per heavy atom. The van der Waals surface area contributed by atoms with Gasteiger partial charge in [-0.2, -0.15) is 0 Å². The van der Waals surface area contributed by atoms with Crippen LogP contribution in [0.2, 0.25) is 19.6 Å². The van der Waals surface area contributed by atoms with E-state index in [2.05, 4.69) is 19.6 Å². The van der Waals surface area contributed by atoms with Crippen LogP contribution in [0.5, 0.6) is 0 Å². The highest BCUT2D eigenvalue weighted by atomic mass is 28.5. The van der Waals surface area contributed by atoms with Gasteiger partial charge >= 0.3 is 9.05 Å². The van der Waals surface area contributed by atoms with Crippen LogP contribution in [0.25, 0.3) is 0 Å². The van der Waals surface area contributed by atoms with Crippen molar-refractivity contribution >= 4 is 17.4 Å². The molecule has 0 unspecified atom stereocenters. The van der Waals surface area contributed by atoms with Gasteiger partial charge in [0.05, 0.1) is 0 Å². The Morgan fingerprint density at radius 1 is 0.611 bits per heavy atom. The van der Waals surface area contributed by atoms with Gasteiger partial charge in [0.1, 0.15) is 0 Å². The van der Waals surface area contributed by atoms with Gasteiger partial charge < -0.3 is 17.4 Å². The summed E-state index contributed by atoms with van der Waals surface area (Å²) in [5.74, 6) is 0. The summed E-state index contributed by atoms with van der Waals surface area (Å²) in [6.07, 6.45) is 0.0570. The SMILES string of the molecule is CC(C)O[Si](OC(C)C)(OC(C)C)O[Si](C)(C)C. The first kappa shape index (κ1) is 18.3. The van der Waals surface area contributed by atoms with Crippen molar-refractivity contribution in [2.75, 3.05) is 0 Å². The van der Waals surface area contributed by atoms with Gasteiger partial charge in [0.15, 0.2) is 8.32 Å². The molecule has 0 aliphatic rings. The second-order valence-corrected chi connectivity index (χ2v) is 13.0. The fraction of sp³-hybridized carbons (Fsp3) is 1.00. The van der Waals surface area contributed by atoms with Gasteiger partial charge in [0.2, 0.25) is 0 Å². The maximum atomic E-state index is 6.17. The van der Waals surface area contributed by atoms with E-state index < -0.39 is 17.4 Å². The van der Waals surface area contributed by atoms with Crippen LogP contribution in [0.3, 0.4) is 0 Å². The third-order valence-electron chi connectivity index (χ3n) is 1.57. The van der Waals surface area contributed by atoms with Crippen LogP contribution in [0.15, 0.2) is 0 Å². The van der Waals surface area contributed by atoms with Gasteiger partial charge in [-0.3, -0.25) is 0 Å². The van der Waals surface area contributed by atoms with Gasteiger partial charge in [-0.05, 0) is 61.2 Å². The first-order valence-electron chi connectivity index (χ1n) is 6.69. The highest BCUT2D eigenvalue weighted by molar-refractivity contribution is 6.78. The fourth-order valence-electron chi connectivity index (χ4n) is 1.40. The zero-order chi connectivity index (χ0) is 14.6. The molecule has 0 rings (SSSR count). The van der Waals surface area contributed by atoms with Crippen LogP contribution in [-0.2, 0) is 17.4 Å². The normalized spacial score (nSPS) is 14.0. The van der Waals surface area contributed by atoms with Crippen LogP contribution in [0.1, 0.15) is 41.5 Å². The zero-order valence-corrected chi connectivity index (χ0v) is 15.4. The minimum Gasteiger partial charge on any atom is -0.394 e. The van der Waals surface area contributed by atoms with Gasteiger partial charge in [-0.15, -0.1) is 0 Å². The van der Waals surface area contributed by atoms with Crippen LogP contribution in [0, 0.1) is 0 Å². The molecule has 0 fully saturated rings. The predicted octanol–water partition coefficient (Wildman–Crippen LogP) is 3.55. The molecule has 0 aliphatic carbocycles. The van der Waals surface area contributed by atoms with E-state index in [1.807, 2.05) is 41.5 Å². The lowest BCUT2D eigenvalue weighted by atomic mass is 10.5. The maximum absolute atomic E-state index is 6.17. The summed E-state index contributed by atoms with van der Waals surface area (Å²) in [5, 5.41) is 0. The van der Waals surface area contributed by atoms with Gasteiger partial charge in [0, 0.05) is 18.3 Å². The molecule has 0 bridgehead atoms. The summed E-state index contributed by atoms with van der Waals surface area (Å²) < 4.78 is 24.0. The van der Waals surface area contributed by atoms with Gasteiger partial charge in [0.25, 0.3) is 0 Å². The molecule has 0 radical (unpaired) electrons. The van der Waals surface area contributed by atoms with Crippen LogP contribution in [0.4, 0.5) is 0 Å². The summed E-state index contributed by atoms with van der Waals surface area (Å²) in [5.41, 5.74) is 0. The van der Waals surface area contributed by atoms with Gasteiger partial charge in [-0.25, -0.2) is 0 Å². The molecule has 6 heteroatoms. The van der Waals surface area contributed by atoms with E-state index in [4.69, 9.17) is 17.4 Å². The molecule has 4 nitrogen and oxygen atoms in total. The van der Waals surface area contributed by atoms with Crippen molar-refractivity contribution in [2.24, 2.45) is 0 Å². The highest BCUT2D eigenvalue weighted by Crippen LogP contribution is 2.23. The lowest BCUT2D eigenvalue weighted by molar-refractivity contribution is -0.0483. The molecule has 0 aromatic rings. The Hall–Kier alpha value is 0.274. The minimum atomic E-state index is -3.06. The lowest BCUT2D eigenvalue weighted by Gasteiger charge is -2.36. The van der Waals surface area contributed by atoms with Crippen molar-refractivity contribution in [3.8, 4) is 0 Å². The van der Waals surface area contributed by atoms with Crippen molar-refractivity contribution < 1.29 is 17.4 Å². The molecule has 110 valence electrons. The molecule has 0 spiro atoms. The number of hydrogen-bond acceptors (Lipinski definition) is 4. The minimum absolute atomic E-state index is 0.0190. The molecule has 0 aromatic carbocycles. The Kier molecular flexibility index (Phi) is 7.27. The van der Waals surface area contributed by atoms with Crippen molar-refractivity contribution in [3.05, 3.63) is 0 Å². The zero-order valence-electron chi connectivity index (χ0n) is 13.4. The summed E-state index contributed by atoms with van der Waals surface area (Å²) in [6, 6.07) is 0. The smallest absolute Gasteiger partial charge is 0.394 e. The van der Waals surface area contributed by atoms with Crippen LogP contribution >= 0.6 is 0 Å². The van der Waals surface area contributed by atoms with Crippen molar-refractivity contribution in [2.45, 2.75) is 79.5 Å². The quantitative estimate of drug-likeness (QED) is 0.642. The molecule has 0 N–H and O–H groups in total. The summed E-state index contributed by atoms with van der Waals surface area (Å²) in [6.45, 7) is 18.2. The molecule has 0 heterocycles. The number of rotatable bonds is 8. The molecule has 0 aromatic heterocycles. The first-order valence-corrected chi connectivity index (χ1v) is 11.7. The van der Waals surface area contributed by atoms with E-state index in [-0.39, 0.29) is 18.3 Å². The average molecular weight is 295 g/mol. The Bertz CT molecular complexity index is 210. The molecular formula is C12H30O4Si2. The summed E-state index contributed by atoms with van der Waals surface area (Å²) >= 11 is 0. The van der Waals surface area contributed by atoms with Crippen molar-refractivity contribution in [1.29, 1.82) is 0 Å². The highest BCUT2D eigenvalue weighted by Gasteiger charge is 2.51. The first-order chi connectivity index (χ1) is 7.96. The van der Waals surface area contributed by atoms with E-state index in [0.29, 0.717) is 0 Å². The maximum Gasteiger partial charge on any atom is 0.669 e. The summed E-state index contributed by atoms with van der Waals surface area (Å²) in [4.78, 5) is 0. The van der Waals surface area contributed by atoms with E-state index in [1.54, 1.807) is 0 Å². The second-order valence-electron chi connectivity index (χ2n) is 6.21. The Morgan fingerprint density at radius 2 is 0.889 bits per heavy atom. The Labute approximate surface area is 115 Å². The van der Waals surface area contributed by atoms with Crippen LogP contribution in [-0.4, -0.2) is 35.7 Å². The molecule has 0 aliphatic heterocycles. The van der Waals surface area contributed by atoms with E-state index >= 15 is 0 Å².